The molecule has 1 N–H and O–H groups in total. The molecule has 1 aliphatic rings. The van der Waals surface area contributed by atoms with Crippen LogP contribution in [0.1, 0.15) is 22.5 Å². The van der Waals surface area contributed by atoms with Gasteiger partial charge in [-0.2, -0.15) is 0 Å². The van der Waals surface area contributed by atoms with Crippen molar-refractivity contribution in [1.82, 2.24) is 4.98 Å². The summed E-state index contributed by atoms with van der Waals surface area (Å²) < 4.78 is 25.4. The van der Waals surface area contributed by atoms with Crippen molar-refractivity contribution in [3.05, 3.63) is 52.8 Å². The van der Waals surface area contributed by atoms with Crippen LogP contribution in [0.4, 0.5) is 11.4 Å². The van der Waals surface area contributed by atoms with E-state index in [1.54, 1.807) is 30.3 Å². The molecule has 2 aromatic rings. The molecule has 1 aromatic carbocycles. The predicted molar refractivity (Wildman–Crippen MR) is 94.1 cm³/mol. The van der Waals surface area contributed by atoms with Crippen LogP contribution in [-0.4, -0.2) is 31.6 Å². The highest BCUT2D eigenvalue weighted by Crippen LogP contribution is 2.31. The molecule has 0 unspecified atom stereocenters. The van der Waals surface area contributed by atoms with Gasteiger partial charge in [0.2, 0.25) is 10.0 Å². The van der Waals surface area contributed by atoms with E-state index in [2.05, 4.69) is 10.3 Å². The second-order valence-corrected chi connectivity index (χ2v) is 7.97. The number of halogens is 1. The molecule has 0 bridgehead atoms. The number of sulfonamides is 1. The molecular weight excluding hydrogens is 350 g/mol. The summed E-state index contributed by atoms with van der Waals surface area (Å²) in [6.07, 6.45) is 2.06. The van der Waals surface area contributed by atoms with Crippen molar-refractivity contribution in [3.63, 3.8) is 0 Å². The van der Waals surface area contributed by atoms with E-state index in [1.165, 1.54) is 10.5 Å². The molecular formula is C16H16ClN3O3S. The lowest BCUT2D eigenvalue weighted by Gasteiger charge is -2.18. The van der Waals surface area contributed by atoms with Crippen LogP contribution in [-0.2, 0) is 10.0 Å². The first-order valence-electron chi connectivity index (χ1n) is 7.41. The van der Waals surface area contributed by atoms with E-state index in [0.717, 1.165) is 5.69 Å². The van der Waals surface area contributed by atoms with E-state index in [1.807, 2.05) is 6.92 Å². The Balaban J connectivity index is 1.87. The van der Waals surface area contributed by atoms with Gasteiger partial charge >= 0.3 is 0 Å². The molecule has 126 valence electrons. The second kappa shape index (κ2) is 6.41. The average Bonchev–Trinajstić information content (AvgIpc) is 2.89. The third kappa shape index (κ3) is 3.37. The van der Waals surface area contributed by atoms with Gasteiger partial charge in [0.15, 0.2) is 0 Å². The molecule has 1 amide bonds. The lowest BCUT2D eigenvalue weighted by atomic mass is 10.2. The first-order chi connectivity index (χ1) is 11.4. The van der Waals surface area contributed by atoms with Gasteiger partial charge in [-0.05, 0) is 43.7 Å². The summed E-state index contributed by atoms with van der Waals surface area (Å²) in [7, 11) is -3.29. The van der Waals surface area contributed by atoms with Crippen molar-refractivity contribution in [2.24, 2.45) is 0 Å². The van der Waals surface area contributed by atoms with Gasteiger partial charge in [0, 0.05) is 18.4 Å². The third-order valence-corrected chi connectivity index (χ3v) is 5.96. The van der Waals surface area contributed by atoms with E-state index in [0.29, 0.717) is 34.9 Å². The van der Waals surface area contributed by atoms with Crippen LogP contribution in [0.15, 0.2) is 36.5 Å². The highest BCUT2D eigenvalue weighted by atomic mass is 35.5. The average molecular weight is 366 g/mol. The minimum Gasteiger partial charge on any atom is -0.321 e. The molecule has 8 heteroatoms. The molecule has 0 atom stereocenters. The quantitative estimate of drug-likeness (QED) is 0.907. The van der Waals surface area contributed by atoms with Crippen LogP contribution in [0, 0.1) is 6.92 Å². The number of nitrogens with one attached hydrogen (secondary N) is 1. The summed E-state index contributed by atoms with van der Waals surface area (Å²) >= 11 is 6.13. The molecule has 0 aliphatic carbocycles. The minimum atomic E-state index is -3.29. The lowest BCUT2D eigenvalue weighted by molar-refractivity contribution is 0.102. The van der Waals surface area contributed by atoms with Gasteiger partial charge in [-0.1, -0.05) is 11.6 Å². The number of nitrogens with zero attached hydrogens (tertiary/aromatic N) is 2. The Bertz CT molecular complexity index is 882. The molecule has 1 saturated heterocycles. The molecule has 2 heterocycles. The van der Waals surface area contributed by atoms with Crippen LogP contribution in [0.2, 0.25) is 5.02 Å². The third-order valence-electron chi connectivity index (χ3n) is 3.76. The number of benzene rings is 1. The van der Waals surface area contributed by atoms with Gasteiger partial charge in [-0.3, -0.25) is 14.1 Å². The van der Waals surface area contributed by atoms with E-state index in [-0.39, 0.29) is 11.7 Å². The molecule has 1 aromatic heterocycles. The van der Waals surface area contributed by atoms with Crippen LogP contribution in [0.3, 0.4) is 0 Å². The Kier molecular flexibility index (Phi) is 4.47. The number of anilines is 2. The molecule has 0 saturated carbocycles. The van der Waals surface area contributed by atoms with Crippen LogP contribution in [0.5, 0.6) is 0 Å². The highest BCUT2D eigenvalue weighted by molar-refractivity contribution is 7.93. The molecule has 24 heavy (non-hydrogen) atoms. The molecule has 0 spiro atoms. The van der Waals surface area contributed by atoms with Gasteiger partial charge in [0.05, 0.1) is 27.7 Å². The summed E-state index contributed by atoms with van der Waals surface area (Å²) in [5.41, 5.74) is 2.07. The first-order valence-corrected chi connectivity index (χ1v) is 9.39. The number of aryl methyl sites for hydroxylation is 1. The topological polar surface area (TPSA) is 79.4 Å². The number of hydrogen-bond donors (Lipinski definition) is 1. The SMILES string of the molecule is Cc1ccc(C(=O)Nc2cc(N3CCCS3(=O)=O)ccc2Cl)cn1. The highest BCUT2D eigenvalue weighted by Gasteiger charge is 2.28. The maximum atomic E-state index is 12.3. The zero-order valence-corrected chi connectivity index (χ0v) is 14.6. The largest absolute Gasteiger partial charge is 0.321 e. The van der Waals surface area contributed by atoms with Gasteiger partial charge in [-0.15, -0.1) is 0 Å². The predicted octanol–water partition coefficient (Wildman–Crippen LogP) is 2.84. The van der Waals surface area contributed by atoms with Crippen molar-refractivity contribution in [1.29, 1.82) is 0 Å². The zero-order valence-electron chi connectivity index (χ0n) is 13.0. The standard InChI is InChI=1S/C16H16ClN3O3S/c1-11-3-4-12(10-18-11)16(21)19-15-9-13(5-6-14(15)17)20-7-2-8-24(20,22)23/h3-6,9-10H,2,7-8H2,1H3,(H,19,21). The summed E-state index contributed by atoms with van der Waals surface area (Å²) in [5.74, 6) is -0.224. The summed E-state index contributed by atoms with van der Waals surface area (Å²) in [4.78, 5) is 16.4. The van der Waals surface area contributed by atoms with Gasteiger partial charge < -0.3 is 5.32 Å². The zero-order chi connectivity index (χ0) is 17.3. The lowest BCUT2D eigenvalue weighted by Crippen LogP contribution is -2.25. The Morgan fingerprint density at radius 3 is 2.71 bits per heavy atom. The summed E-state index contributed by atoms with van der Waals surface area (Å²) in [6.45, 7) is 2.26. The maximum Gasteiger partial charge on any atom is 0.257 e. The van der Waals surface area contributed by atoms with E-state index in [4.69, 9.17) is 11.6 Å². The smallest absolute Gasteiger partial charge is 0.257 e. The van der Waals surface area contributed by atoms with Crippen molar-refractivity contribution < 1.29 is 13.2 Å². The number of aromatic nitrogens is 1. The summed E-state index contributed by atoms with van der Waals surface area (Å²) in [6, 6.07) is 8.19. The monoisotopic (exact) mass is 365 g/mol. The first kappa shape index (κ1) is 16.7. The number of pyridine rings is 1. The number of carbonyl (C=O) groups excluding carboxylic acids is 1. The van der Waals surface area contributed by atoms with Crippen LogP contribution in [0.25, 0.3) is 0 Å². The molecule has 1 aliphatic heterocycles. The van der Waals surface area contributed by atoms with Gasteiger partial charge in [0.1, 0.15) is 0 Å². The number of amides is 1. The maximum absolute atomic E-state index is 12.3. The van der Waals surface area contributed by atoms with Crippen LogP contribution >= 0.6 is 11.6 Å². The van der Waals surface area contributed by atoms with Gasteiger partial charge in [-0.25, -0.2) is 8.42 Å². The number of rotatable bonds is 3. The molecule has 3 rings (SSSR count). The van der Waals surface area contributed by atoms with Crippen molar-refractivity contribution in [2.45, 2.75) is 13.3 Å². The summed E-state index contributed by atoms with van der Waals surface area (Å²) in [5, 5.41) is 3.04. The fourth-order valence-corrected chi connectivity index (χ4v) is 4.21. The van der Waals surface area contributed by atoms with Crippen molar-refractivity contribution in [3.8, 4) is 0 Å². The number of carbonyl (C=O) groups is 1. The molecule has 1 fully saturated rings. The Morgan fingerprint density at radius 1 is 1.29 bits per heavy atom. The van der Waals surface area contributed by atoms with Crippen molar-refractivity contribution in [2.75, 3.05) is 21.9 Å². The Hall–Kier alpha value is -2.12. The molecule has 6 nitrogen and oxygen atoms in total. The normalized spacial score (nSPS) is 16.2. The van der Waals surface area contributed by atoms with E-state index in [9.17, 15) is 13.2 Å². The van der Waals surface area contributed by atoms with Crippen LogP contribution < -0.4 is 9.62 Å². The second-order valence-electron chi connectivity index (χ2n) is 5.55. The fourth-order valence-electron chi connectivity index (χ4n) is 2.49. The van der Waals surface area contributed by atoms with Gasteiger partial charge in [0.25, 0.3) is 5.91 Å². The fraction of sp³-hybridized carbons (Fsp3) is 0.250. The number of hydrogen-bond acceptors (Lipinski definition) is 4. The Morgan fingerprint density at radius 2 is 2.08 bits per heavy atom. The Labute approximate surface area is 145 Å². The molecule has 0 radical (unpaired) electrons. The minimum absolute atomic E-state index is 0.131. The van der Waals surface area contributed by atoms with E-state index < -0.39 is 10.0 Å². The van der Waals surface area contributed by atoms with Crippen molar-refractivity contribution >= 4 is 38.9 Å². The van der Waals surface area contributed by atoms with E-state index >= 15 is 0 Å².